The molecule has 0 bridgehead atoms. The highest BCUT2D eigenvalue weighted by Crippen LogP contribution is 2.15. The van der Waals surface area contributed by atoms with Gasteiger partial charge in [-0.2, -0.15) is 14.5 Å². The lowest BCUT2D eigenvalue weighted by molar-refractivity contribution is 0.466. The number of hydrogen-bond acceptors (Lipinski definition) is 3. The van der Waals surface area contributed by atoms with E-state index in [1.807, 2.05) is 0 Å². The zero-order valence-electron chi connectivity index (χ0n) is 8.91. The van der Waals surface area contributed by atoms with Gasteiger partial charge in [-0.3, -0.25) is 4.68 Å². The van der Waals surface area contributed by atoms with Crippen LogP contribution in [-0.4, -0.2) is 14.8 Å². The molecular formula is C10H9F3N4. The molecule has 0 aliphatic heterocycles. The molecule has 90 valence electrons. The van der Waals surface area contributed by atoms with Crippen molar-refractivity contribution in [3.63, 3.8) is 0 Å². The van der Waals surface area contributed by atoms with Gasteiger partial charge in [0.05, 0.1) is 12.2 Å². The number of pyridine rings is 1. The van der Waals surface area contributed by atoms with Crippen LogP contribution in [0.1, 0.15) is 5.69 Å². The Kier molecular flexibility index (Phi) is 2.99. The summed E-state index contributed by atoms with van der Waals surface area (Å²) in [5.41, 5.74) is 0.760. The Morgan fingerprint density at radius 2 is 2.06 bits per heavy atom. The first kappa shape index (κ1) is 11.4. The lowest BCUT2D eigenvalue weighted by atomic mass is 10.4. The van der Waals surface area contributed by atoms with Crippen molar-refractivity contribution in [1.29, 1.82) is 0 Å². The minimum absolute atomic E-state index is 0.214. The number of aromatic nitrogens is 3. The summed E-state index contributed by atoms with van der Waals surface area (Å²) in [6.45, 7) is 0.214. The van der Waals surface area contributed by atoms with Gasteiger partial charge in [-0.05, 0) is 6.07 Å². The van der Waals surface area contributed by atoms with Crippen LogP contribution in [0.3, 0.4) is 0 Å². The fourth-order valence-corrected chi connectivity index (χ4v) is 1.32. The highest BCUT2D eigenvalue weighted by Gasteiger charge is 2.11. The molecule has 2 rings (SSSR count). The van der Waals surface area contributed by atoms with Crippen molar-refractivity contribution in [3.05, 3.63) is 41.6 Å². The molecule has 0 radical (unpaired) electrons. The van der Waals surface area contributed by atoms with Crippen LogP contribution in [0.4, 0.5) is 19.0 Å². The molecule has 0 fully saturated rings. The second kappa shape index (κ2) is 4.44. The van der Waals surface area contributed by atoms with Gasteiger partial charge < -0.3 is 5.32 Å². The summed E-state index contributed by atoms with van der Waals surface area (Å²) in [5, 5.41) is 6.48. The van der Waals surface area contributed by atoms with Gasteiger partial charge in [0.2, 0.25) is 0 Å². The van der Waals surface area contributed by atoms with E-state index in [1.165, 1.54) is 0 Å². The lowest BCUT2D eigenvalue weighted by Crippen LogP contribution is -2.09. The van der Waals surface area contributed by atoms with E-state index in [9.17, 15) is 13.2 Å². The normalized spacial score (nSPS) is 10.6. The lowest BCUT2D eigenvalue weighted by Gasteiger charge is -2.07. The van der Waals surface area contributed by atoms with Crippen LogP contribution in [0.15, 0.2) is 18.3 Å². The van der Waals surface area contributed by atoms with Crippen LogP contribution in [-0.2, 0) is 13.6 Å². The first-order valence-electron chi connectivity index (χ1n) is 4.80. The average Bonchev–Trinajstić information content (AvgIpc) is 2.68. The third-order valence-corrected chi connectivity index (χ3v) is 2.25. The van der Waals surface area contributed by atoms with Gasteiger partial charge in [-0.1, -0.05) is 0 Å². The first-order chi connectivity index (χ1) is 8.08. The van der Waals surface area contributed by atoms with E-state index in [0.717, 1.165) is 5.69 Å². The van der Waals surface area contributed by atoms with E-state index in [-0.39, 0.29) is 12.4 Å². The molecule has 0 aliphatic carbocycles. The van der Waals surface area contributed by atoms with Crippen molar-refractivity contribution in [3.8, 4) is 0 Å². The monoisotopic (exact) mass is 242 g/mol. The SMILES string of the molecule is Cn1nccc1CNc1nc(F)c(F)cc1F. The van der Waals surface area contributed by atoms with E-state index in [4.69, 9.17) is 0 Å². The van der Waals surface area contributed by atoms with Gasteiger partial charge in [0.1, 0.15) is 0 Å². The van der Waals surface area contributed by atoms with Gasteiger partial charge in [0.25, 0.3) is 5.95 Å². The predicted octanol–water partition coefficient (Wildman–Crippen LogP) is 1.84. The van der Waals surface area contributed by atoms with Crippen LogP contribution in [0, 0.1) is 17.6 Å². The molecule has 0 spiro atoms. The number of nitrogens with zero attached hydrogens (tertiary/aromatic N) is 3. The van der Waals surface area contributed by atoms with Gasteiger partial charge in [-0.25, -0.2) is 8.78 Å². The molecule has 0 saturated carbocycles. The molecule has 4 nitrogen and oxygen atoms in total. The largest absolute Gasteiger partial charge is 0.362 e. The molecule has 2 heterocycles. The average molecular weight is 242 g/mol. The summed E-state index contributed by atoms with van der Waals surface area (Å²) in [6.07, 6.45) is 1.58. The molecule has 0 amide bonds. The summed E-state index contributed by atoms with van der Waals surface area (Å²) >= 11 is 0. The minimum Gasteiger partial charge on any atom is -0.362 e. The highest BCUT2D eigenvalue weighted by atomic mass is 19.2. The van der Waals surface area contributed by atoms with E-state index >= 15 is 0 Å². The molecule has 2 aromatic heterocycles. The molecule has 17 heavy (non-hydrogen) atoms. The number of anilines is 1. The van der Waals surface area contributed by atoms with Gasteiger partial charge in [-0.15, -0.1) is 0 Å². The van der Waals surface area contributed by atoms with Crippen LogP contribution in [0.25, 0.3) is 0 Å². The fourth-order valence-electron chi connectivity index (χ4n) is 1.32. The molecular weight excluding hydrogens is 233 g/mol. The summed E-state index contributed by atoms with van der Waals surface area (Å²) < 4.78 is 40.2. The van der Waals surface area contributed by atoms with Crippen molar-refractivity contribution in [2.24, 2.45) is 7.05 Å². The first-order valence-corrected chi connectivity index (χ1v) is 4.80. The van der Waals surface area contributed by atoms with Crippen molar-refractivity contribution in [2.75, 3.05) is 5.32 Å². The predicted molar refractivity (Wildman–Crippen MR) is 54.6 cm³/mol. The van der Waals surface area contributed by atoms with Gasteiger partial charge in [0, 0.05) is 19.3 Å². The fraction of sp³-hybridized carbons (Fsp3) is 0.200. The molecule has 2 aromatic rings. The summed E-state index contributed by atoms with van der Waals surface area (Å²) in [6, 6.07) is 2.17. The number of aryl methyl sites for hydroxylation is 1. The highest BCUT2D eigenvalue weighted by molar-refractivity contribution is 5.36. The molecule has 0 saturated heterocycles. The summed E-state index contributed by atoms with van der Waals surface area (Å²) in [5.74, 6) is -3.91. The van der Waals surface area contributed by atoms with Crippen molar-refractivity contribution in [1.82, 2.24) is 14.8 Å². The van der Waals surface area contributed by atoms with Gasteiger partial charge >= 0.3 is 0 Å². The van der Waals surface area contributed by atoms with Crippen molar-refractivity contribution in [2.45, 2.75) is 6.54 Å². The molecule has 7 heteroatoms. The van der Waals surface area contributed by atoms with Crippen molar-refractivity contribution >= 4 is 5.82 Å². The third-order valence-electron chi connectivity index (χ3n) is 2.25. The summed E-state index contributed by atoms with van der Waals surface area (Å²) in [7, 11) is 1.71. The zero-order chi connectivity index (χ0) is 12.4. The van der Waals surface area contributed by atoms with E-state index in [2.05, 4.69) is 15.4 Å². The van der Waals surface area contributed by atoms with Crippen molar-refractivity contribution < 1.29 is 13.2 Å². The molecule has 0 aromatic carbocycles. The summed E-state index contributed by atoms with van der Waals surface area (Å²) in [4.78, 5) is 3.14. The molecule has 1 N–H and O–H groups in total. The second-order valence-electron chi connectivity index (χ2n) is 3.39. The van der Waals surface area contributed by atoms with Crippen LogP contribution in [0.5, 0.6) is 0 Å². The molecule has 0 aliphatic rings. The Bertz CT molecular complexity index is 538. The van der Waals surface area contributed by atoms with E-state index < -0.39 is 17.6 Å². The Morgan fingerprint density at radius 1 is 1.29 bits per heavy atom. The smallest absolute Gasteiger partial charge is 0.251 e. The van der Waals surface area contributed by atoms with Crippen LogP contribution in [0.2, 0.25) is 0 Å². The number of rotatable bonds is 3. The number of halogens is 3. The number of nitrogens with one attached hydrogen (secondary N) is 1. The van der Waals surface area contributed by atoms with E-state index in [1.54, 1.807) is 24.0 Å². The maximum absolute atomic E-state index is 13.2. The second-order valence-corrected chi connectivity index (χ2v) is 3.39. The van der Waals surface area contributed by atoms with Crippen LogP contribution >= 0.6 is 0 Å². The Balaban J connectivity index is 2.14. The van der Waals surface area contributed by atoms with Gasteiger partial charge in [0.15, 0.2) is 17.5 Å². The Morgan fingerprint density at radius 3 is 2.71 bits per heavy atom. The zero-order valence-corrected chi connectivity index (χ0v) is 8.91. The maximum Gasteiger partial charge on any atom is 0.251 e. The maximum atomic E-state index is 13.2. The van der Waals surface area contributed by atoms with E-state index in [0.29, 0.717) is 6.07 Å². The Hall–Kier alpha value is -2.05. The minimum atomic E-state index is -1.33. The van der Waals surface area contributed by atoms with Crippen LogP contribution < -0.4 is 5.32 Å². The quantitative estimate of drug-likeness (QED) is 0.835. The standard InChI is InChI=1S/C10H9F3N4/c1-17-6(2-3-15-17)5-14-10-8(12)4-7(11)9(13)16-10/h2-4H,5H2,1H3,(H,14,16). The third kappa shape index (κ3) is 2.38. The number of hydrogen-bond donors (Lipinski definition) is 1. The molecule has 0 unspecified atom stereocenters. The molecule has 0 atom stereocenters. The Labute approximate surface area is 95.1 Å². The topological polar surface area (TPSA) is 42.7 Å².